The number of tetrazole rings is 2. The van der Waals surface area contributed by atoms with Crippen LogP contribution in [0.5, 0.6) is 0 Å². The molecule has 0 bridgehead atoms. The number of piperidine rings is 2. The second-order valence-electron chi connectivity index (χ2n) is 21.9. The van der Waals surface area contributed by atoms with Crippen molar-refractivity contribution in [1.29, 1.82) is 0 Å². The van der Waals surface area contributed by atoms with Crippen LogP contribution in [0.2, 0.25) is 0 Å². The number of primary amides is 2. The molecule has 0 spiro atoms. The predicted molar refractivity (Wildman–Crippen MR) is 350 cm³/mol. The minimum atomic E-state index is -0.807. The van der Waals surface area contributed by atoms with Crippen LogP contribution in [0.4, 0.5) is 0 Å². The molecule has 0 aliphatic carbocycles. The Balaban J connectivity index is 0.00000139. The van der Waals surface area contributed by atoms with Gasteiger partial charge < -0.3 is 59.9 Å². The van der Waals surface area contributed by atoms with E-state index in [-0.39, 0.29) is 144 Å². The van der Waals surface area contributed by atoms with Gasteiger partial charge in [-0.05, 0) is 109 Å². The van der Waals surface area contributed by atoms with Gasteiger partial charge in [0.15, 0.2) is 11.6 Å². The van der Waals surface area contributed by atoms with Crippen molar-refractivity contribution in [1.82, 2.24) is 55.5 Å². The van der Waals surface area contributed by atoms with Gasteiger partial charge in [0, 0.05) is 20.5 Å². The van der Waals surface area contributed by atoms with Crippen molar-refractivity contribution >= 4 is 30.1 Å². The number of nitrogens with two attached hydrogens (primary N) is 2. The number of carbonyl (C=O) groups is 4. The van der Waals surface area contributed by atoms with Crippen LogP contribution < -0.4 is 98.1 Å². The molecular formula is C69H93BrN14Na2O7. The molecule has 3 fully saturated rings. The van der Waals surface area contributed by atoms with E-state index in [0.717, 1.165) is 94.0 Å². The van der Waals surface area contributed by atoms with E-state index in [9.17, 15) is 14.4 Å². The van der Waals surface area contributed by atoms with Crippen molar-refractivity contribution in [2.75, 3.05) is 67.5 Å². The first-order valence-corrected chi connectivity index (χ1v) is 28.7. The van der Waals surface area contributed by atoms with Gasteiger partial charge in [-0.15, -0.1) is 20.4 Å². The smallest absolute Gasteiger partial charge is 1.00 e. The Morgan fingerprint density at radius 2 is 0.978 bits per heavy atom. The van der Waals surface area contributed by atoms with Crippen LogP contribution in [-0.2, 0) is 63.6 Å². The molecule has 5 heterocycles. The molecule has 3 aliphatic heterocycles. The van der Waals surface area contributed by atoms with Gasteiger partial charge in [0.2, 0.25) is 17.7 Å². The summed E-state index contributed by atoms with van der Waals surface area (Å²) in [4.78, 5) is 54.4. The molecule has 0 atom stereocenters. The van der Waals surface area contributed by atoms with Crippen molar-refractivity contribution in [3.05, 3.63) is 227 Å². The van der Waals surface area contributed by atoms with Gasteiger partial charge in [-0.25, -0.2) is 4.58 Å². The van der Waals surface area contributed by atoms with Gasteiger partial charge in [0.25, 0.3) is 6.47 Å². The summed E-state index contributed by atoms with van der Waals surface area (Å²) in [7, 11) is 7.77. The average molecular weight is 1360 g/mol. The van der Waals surface area contributed by atoms with E-state index in [4.69, 9.17) is 26.3 Å². The number of rotatable bonds is 17. The summed E-state index contributed by atoms with van der Waals surface area (Å²) in [5.41, 5.74) is 15.8. The minimum Gasteiger partial charge on any atom is -1.00 e. The van der Waals surface area contributed by atoms with E-state index in [1.807, 2.05) is 86.9 Å². The van der Waals surface area contributed by atoms with E-state index in [0.29, 0.717) is 18.1 Å². The summed E-state index contributed by atoms with van der Waals surface area (Å²) in [5.74, 6) is 1.39. The number of ether oxygens (including phenoxy) is 1. The Morgan fingerprint density at radius 1 is 0.624 bits per heavy atom. The largest absolute Gasteiger partial charge is 1.00 e. The molecule has 5 N–H and O–H groups in total. The number of carbonyl (C=O) groups excluding carboxylic acids is 4. The zero-order valence-corrected chi connectivity index (χ0v) is 57.2. The van der Waals surface area contributed by atoms with Crippen LogP contribution in [0.1, 0.15) is 115 Å². The molecular weight excluding hydrogens is 1260 g/mol. The topological polar surface area (TPSA) is 271 Å². The van der Waals surface area contributed by atoms with Crippen LogP contribution >= 0.6 is 0 Å². The van der Waals surface area contributed by atoms with Gasteiger partial charge in [-0.1, -0.05) is 212 Å². The summed E-state index contributed by atoms with van der Waals surface area (Å²) < 4.78 is 8.09. The number of nitrogens with zero attached hydrogens (tertiary/aromatic N) is 11. The fourth-order valence-electron chi connectivity index (χ4n) is 12.2. The number of likely N-dealkylation sites (tertiary alicyclic amines) is 1. The van der Waals surface area contributed by atoms with Crippen LogP contribution in [0.25, 0.3) is 0 Å². The van der Waals surface area contributed by atoms with Gasteiger partial charge in [0.1, 0.15) is 38.0 Å². The molecule has 93 heavy (non-hydrogen) atoms. The first kappa shape index (κ1) is 84.2. The molecule has 24 heteroatoms. The maximum atomic E-state index is 14.0. The zero-order valence-electron chi connectivity index (χ0n) is 52.6. The summed E-state index contributed by atoms with van der Waals surface area (Å²) in [6, 6.07) is 62.1. The van der Waals surface area contributed by atoms with E-state index in [1.165, 1.54) is 26.3 Å². The molecule has 6 aromatic carbocycles. The van der Waals surface area contributed by atoms with Gasteiger partial charge in [-0.2, -0.15) is 9.59 Å². The van der Waals surface area contributed by atoms with E-state index < -0.39 is 22.6 Å². The van der Waals surface area contributed by atoms with Crippen LogP contribution in [0.15, 0.2) is 182 Å². The first-order chi connectivity index (χ1) is 41.7. The normalized spacial score (nSPS) is 14.6. The monoisotopic (exact) mass is 1350 g/mol. The summed E-state index contributed by atoms with van der Waals surface area (Å²) in [6.07, 6.45) is 4.99. The Morgan fingerprint density at radius 3 is 1.32 bits per heavy atom. The first-order valence-electron chi connectivity index (χ1n) is 28.7. The Labute approximate surface area is 605 Å². The van der Waals surface area contributed by atoms with Crippen molar-refractivity contribution in [3.8, 4) is 0 Å². The fraction of sp³-hybridized carbons (Fsp3) is 0.377. The molecule has 11 rings (SSSR count). The van der Waals surface area contributed by atoms with E-state index >= 15 is 0 Å². The van der Waals surface area contributed by atoms with Crippen LogP contribution in [0.3, 0.4) is 0 Å². The third-order valence-corrected chi connectivity index (χ3v) is 16.3. The van der Waals surface area contributed by atoms with Gasteiger partial charge in [-0.3, -0.25) is 19.2 Å². The third-order valence-electron chi connectivity index (χ3n) is 16.3. The maximum Gasteiger partial charge on any atom is 1.00 e. The number of hydrogen-bond acceptors (Lipinski definition) is 15. The third kappa shape index (κ3) is 20.1. The molecule has 8 aromatic rings. The van der Waals surface area contributed by atoms with Crippen molar-refractivity contribution in [2.45, 2.75) is 103 Å². The second kappa shape index (κ2) is 40.4. The standard InChI is InChI=1S/C32H37N7O2.C18H20NO.C14H18N6O.CH2O3.4CH4.BrH.2Na.H/c1-37(2)30(41)32(26-14-8-4-9-15-26,27-16-10-5-11-17-27)20-23-38-21-18-31(19-22-38,25-12-6-3-7-13-25)29-34-36-39(35-29)24-28(33)40;1-19(2)17-18(13-14-20-17,15-9-5-3-6-10-15)16-11-7-4-8-12-16;15-12(21)10-20-18-13(17-19-20)14(6-8-16-9-7-14)11-4-2-1-3-5-11;2-1-4-3;;;;;;;;/h3-17H,18-24H2,1-2H3,(H2,33,40);3-12H,13-14H2,1-2H3;1-5,16H,6-10H2,(H2,15,21);1,3H;4*1H4;1H;;;/q;+1;;;;;;;;2*+1;-1/p-2. The van der Waals surface area contributed by atoms with Crippen molar-refractivity contribution < 1.29 is 116 Å². The molecule has 3 aliphatic rings. The Bertz CT molecular complexity index is 3400. The van der Waals surface area contributed by atoms with Crippen molar-refractivity contribution in [3.63, 3.8) is 0 Å². The number of amides is 3. The second-order valence-corrected chi connectivity index (χ2v) is 21.9. The van der Waals surface area contributed by atoms with Crippen LogP contribution in [-0.4, -0.2) is 152 Å². The van der Waals surface area contributed by atoms with E-state index in [1.54, 1.807) is 4.90 Å². The molecule has 2 aromatic heterocycles. The average Bonchev–Trinajstić information content (AvgIpc) is 1.45. The van der Waals surface area contributed by atoms with Gasteiger partial charge in [0.05, 0.1) is 17.4 Å². The minimum absolute atomic E-state index is 0. The number of likely N-dealkylation sites (N-methyl/N-ethyl adjacent to an activating group) is 1. The van der Waals surface area contributed by atoms with Crippen LogP contribution in [0, 0.1) is 0 Å². The number of benzene rings is 6. The molecule has 3 saturated heterocycles. The Hall–Kier alpha value is -6.83. The fourth-order valence-corrected chi connectivity index (χ4v) is 12.2. The van der Waals surface area contributed by atoms with Crippen molar-refractivity contribution in [2.24, 2.45) is 11.5 Å². The molecule has 21 nitrogen and oxygen atoms in total. The molecule has 0 unspecified atom stereocenters. The molecule has 3 amide bonds. The molecule has 0 saturated carbocycles. The SMILES string of the molecule is C.C.C.C.CN(C)C(=O)C(CCN1CCC(c2ccccc2)(c2nnn(CC(N)=O)n2)CC1)(c1ccccc1)c1ccccc1.C[N+](C)=C1OCCC1(c1ccccc1)c1ccccc1.NC(=O)Cn1nnc(C2(c3ccccc3)CCNCC2)n1.O=CO[O-].[Br-].[H-].[Na+].[Na+]. The maximum absolute atomic E-state index is 14.0. The molecule has 490 valence electrons. The number of nitrogens with one attached hydrogen (secondary N) is 1. The zero-order chi connectivity index (χ0) is 61.0. The van der Waals surface area contributed by atoms with Gasteiger partial charge >= 0.3 is 65.0 Å². The summed E-state index contributed by atoms with van der Waals surface area (Å²) >= 11 is 0. The number of halogens is 1. The Kier molecular flexibility index (Phi) is 36.6. The summed E-state index contributed by atoms with van der Waals surface area (Å²) in [5, 5.41) is 37.4. The number of hydrogen-bond donors (Lipinski definition) is 3. The summed E-state index contributed by atoms with van der Waals surface area (Å²) in [6.45, 7) is 4.58. The quantitative estimate of drug-likeness (QED) is 0.0293. The predicted octanol–water partition coefficient (Wildman–Crippen LogP) is -2.00. The number of aromatic nitrogens is 8. The van der Waals surface area contributed by atoms with E-state index in [2.05, 4.69) is 174 Å². The molecule has 0 radical (unpaired) electrons.